The molecule has 0 bridgehead atoms. The Balaban J connectivity index is 1.56. The normalized spacial score (nSPS) is 11.1. The molecule has 0 fully saturated rings. The molecule has 0 unspecified atom stereocenters. The number of benzene rings is 2. The summed E-state index contributed by atoms with van der Waals surface area (Å²) in [5.74, 6) is -0.202. The highest BCUT2D eigenvalue weighted by Gasteiger charge is 2.11. The molecule has 144 valence electrons. The average Bonchev–Trinajstić information content (AvgIpc) is 3.35. The van der Waals surface area contributed by atoms with Crippen LogP contribution in [0.3, 0.4) is 0 Å². The molecule has 2 aromatic heterocycles. The van der Waals surface area contributed by atoms with Crippen LogP contribution in [0.5, 0.6) is 0 Å². The number of nitrogens with zero attached hydrogens (tertiary/aromatic N) is 4. The van der Waals surface area contributed by atoms with Gasteiger partial charge in [0, 0.05) is 28.4 Å². The summed E-state index contributed by atoms with van der Waals surface area (Å²) in [6.45, 7) is 1.91. The molecule has 0 saturated carbocycles. The Morgan fingerprint density at radius 2 is 1.86 bits per heavy atom. The second-order valence-corrected chi connectivity index (χ2v) is 7.37. The van der Waals surface area contributed by atoms with E-state index in [4.69, 9.17) is 5.10 Å². The van der Waals surface area contributed by atoms with Crippen molar-refractivity contribution in [2.24, 2.45) is 5.10 Å². The number of nitrogens with one attached hydrogen (secondary N) is 1. The van der Waals surface area contributed by atoms with Gasteiger partial charge in [-0.05, 0) is 19.1 Å². The molecule has 4 rings (SSSR count). The summed E-state index contributed by atoms with van der Waals surface area (Å²) in [5, 5.41) is 11.6. The van der Waals surface area contributed by atoms with E-state index < -0.39 is 0 Å². The van der Waals surface area contributed by atoms with Crippen molar-refractivity contribution in [1.82, 2.24) is 20.2 Å². The number of thiazole rings is 1. The van der Waals surface area contributed by atoms with Gasteiger partial charge in [-0.3, -0.25) is 4.79 Å². The third kappa shape index (κ3) is 4.64. The Hall–Kier alpha value is -3.58. The van der Waals surface area contributed by atoms with Crippen molar-refractivity contribution in [3.05, 3.63) is 88.5 Å². The van der Waals surface area contributed by atoms with Crippen molar-refractivity contribution in [3.63, 3.8) is 0 Å². The molecule has 0 atom stereocenters. The van der Waals surface area contributed by atoms with E-state index in [1.165, 1.54) is 11.3 Å². The average molecular weight is 401 g/mol. The Bertz CT molecular complexity index is 1130. The molecule has 0 spiro atoms. The van der Waals surface area contributed by atoms with E-state index in [1.54, 1.807) is 6.21 Å². The van der Waals surface area contributed by atoms with E-state index in [-0.39, 0.29) is 12.3 Å². The van der Waals surface area contributed by atoms with Crippen LogP contribution < -0.4 is 5.43 Å². The van der Waals surface area contributed by atoms with Gasteiger partial charge in [0.1, 0.15) is 10.7 Å². The fraction of sp³-hybridized carbons (Fsp3) is 0.0909. The second-order valence-electron chi connectivity index (χ2n) is 6.43. The molecule has 0 aliphatic carbocycles. The molecule has 0 radical (unpaired) electrons. The number of hydrogen-bond donors (Lipinski definition) is 1. The topological polar surface area (TPSA) is 72.2 Å². The number of carbonyl (C=O) groups excluding carboxylic acids is 1. The van der Waals surface area contributed by atoms with Gasteiger partial charge in [0.2, 0.25) is 5.91 Å². The van der Waals surface area contributed by atoms with Crippen LogP contribution in [0.1, 0.15) is 16.3 Å². The number of aryl methyl sites for hydroxylation is 1. The van der Waals surface area contributed by atoms with E-state index in [9.17, 15) is 4.79 Å². The van der Waals surface area contributed by atoms with Crippen LogP contribution in [0, 0.1) is 6.92 Å². The van der Waals surface area contributed by atoms with Crippen molar-refractivity contribution in [2.75, 3.05) is 0 Å². The lowest BCUT2D eigenvalue weighted by Crippen LogP contribution is -2.19. The van der Waals surface area contributed by atoms with Gasteiger partial charge in [-0.15, -0.1) is 11.3 Å². The number of aromatic nitrogens is 3. The molecule has 6 nitrogen and oxygen atoms in total. The minimum Gasteiger partial charge on any atom is -0.273 e. The summed E-state index contributed by atoms with van der Waals surface area (Å²) in [5.41, 5.74) is 7.03. The first-order chi connectivity index (χ1) is 14.2. The van der Waals surface area contributed by atoms with E-state index >= 15 is 0 Å². The number of amides is 1. The molecule has 2 heterocycles. The zero-order valence-electron chi connectivity index (χ0n) is 15.8. The molecular formula is C22H19N5OS. The number of para-hydroxylation sites is 1. The first-order valence-electron chi connectivity index (χ1n) is 9.12. The van der Waals surface area contributed by atoms with Crippen molar-refractivity contribution in [2.45, 2.75) is 13.3 Å². The molecule has 0 saturated heterocycles. The van der Waals surface area contributed by atoms with Gasteiger partial charge >= 0.3 is 0 Å². The van der Waals surface area contributed by atoms with Crippen LogP contribution in [-0.2, 0) is 11.2 Å². The maximum Gasteiger partial charge on any atom is 0.246 e. The van der Waals surface area contributed by atoms with E-state index in [2.05, 4.69) is 15.5 Å². The molecule has 2 aromatic carbocycles. The van der Waals surface area contributed by atoms with Gasteiger partial charge in [-0.25, -0.2) is 15.1 Å². The summed E-state index contributed by atoms with van der Waals surface area (Å²) < 4.78 is 1.81. The lowest BCUT2D eigenvalue weighted by Gasteiger charge is -2.00. The Labute approximate surface area is 172 Å². The fourth-order valence-corrected chi connectivity index (χ4v) is 3.62. The Morgan fingerprint density at radius 1 is 1.14 bits per heavy atom. The van der Waals surface area contributed by atoms with E-state index in [1.807, 2.05) is 83.8 Å². The molecule has 7 heteroatoms. The molecule has 0 aliphatic heterocycles. The number of rotatable bonds is 6. The van der Waals surface area contributed by atoms with Crippen LogP contribution in [0.2, 0.25) is 0 Å². The minimum absolute atomic E-state index is 0.202. The standard InChI is InChI=1S/C22H19N5OS/c1-16-15-29-21(24-16)12-20(28)25-23-13-18-14-27(19-10-6-3-7-11-19)26-22(18)17-8-4-2-5-9-17/h2-11,13-15H,12H2,1H3,(H,25,28)/b23-13-. The third-order valence-corrected chi connectivity index (χ3v) is 5.15. The third-order valence-electron chi connectivity index (χ3n) is 4.18. The van der Waals surface area contributed by atoms with Crippen LogP contribution in [-0.4, -0.2) is 26.9 Å². The predicted molar refractivity (Wildman–Crippen MR) is 115 cm³/mol. The number of hydrogen-bond acceptors (Lipinski definition) is 5. The van der Waals surface area contributed by atoms with Crippen LogP contribution in [0.4, 0.5) is 0 Å². The quantitative estimate of drug-likeness (QED) is 0.392. The summed E-state index contributed by atoms with van der Waals surface area (Å²) >= 11 is 1.47. The van der Waals surface area contributed by atoms with Gasteiger partial charge in [-0.2, -0.15) is 10.2 Å². The summed E-state index contributed by atoms with van der Waals surface area (Å²) in [4.78, 5) is 16.4. The lowest BCUT2D eigenvalue weighted by atomic mass is 10.1. The van der Waals surface area contributed by atoms with Crippen molar-refractivity contribution < 1.29 is 4.79 Å². The summed E-state index contributed by atoms with van der Waals surface area (Å²) in [7, 11) is 0. The van der Waals surface area contributed by atoms with Gasteiger partial charge in [0.15, 0.2) is 0 Å². The van der Waals surface area contributed by atoms with Gasteiger partial charge in [-0.1, -0.05) is 48.5 Å². The van der Waals surface area contributed by atoms with Crippen molar-refractivity contribution >= 4 is 23.5 Å². The van der Waals surface area contributed by atoms with Gasteiger partial charge < -0.3 is 0 Å². The fourth-order valence-electron chi connectivity index (χ4n) is 2.85. The van der Waals surface area contributed by atoms with Gasteiger partial charge in [0.25, 0.3) is 0 Å². The summed E-state index contributed by atoms with van der Waals surface area (Å²) in [6, 6.07) is 19.8. The maximum absolute atomic E-state index is 12.1. The highest BCUT2D eigenvalue weighted by atomic mass is 32.1. The predicted octanol–water partition coefficient (Wildman–Crippen LogP) is 4.00. The zero-order valence-corrected chi connectivity index (χ0v) is 16.6. The SMILES string of the molecule is Cc1csc(CC(=O)N/N=C\c2cn(-c3ccccc3)nc2-c2ccccc2)n1. The highest BCUT2D eigenvalue weighted by Crippen LogP contribution is 2.22. The summed E-state index contributed by atoms with van der Waals surface area (Å²) in [6.07, 6.45) is 3.74. The highest BCUT2D eigenvalue weighted by molar-refractivity contribution is 7.09. The zero-order chi connectivity index (χ0) is 20.1. The molecule has 1 N–H and O–H groups in total. The van der Waals surface area contributed by atoms with E-state index in [0.29, 0.717) is 0 Å². The number of hydrazone groups is 1. The van der Waals surface area contributed by atoms with Crippen molar-refractivity contribution in [1.29, 1.82) is 0 Å². The van der Waals surface area contributed by atoms with E-state index in [0.717, 1.165) is 33.2 Å². The molecular weight excluding hydrogens is 382 g/mol. The molecule has 0 aliphatic rings. The number of carbonyl (C=O) groups is 1. The Morgan fingerprint density at radius 3 is 2.55 bits per heavy atom. The van der Waals surface area contributed by atoms with Gasteiger partial charge in [0.05, 0.1) is 18.3 Å². The first-order valence-corrected chi connectivity index (χ1v) is 10.0. The molecule has 4 aromatic rings. The smallest absolute Gasteiger partial charge is 0.246 e. The maximum atomic E-state index is 12.1. The minimum atomic E-state index is -0.202. The molecule has 29 heavy (non-hydrogen) atoms. The lowest BCUT2D eigenvalue weighted by molar-refractivity contribution is -0.120. The largest absolute Gasteiger partial charge is 0.273 e. The Kier molecular flexibility index (Phi) is 5.58. The van der Waals surface area contributed by atoms with Crippen LogP contribution in [0.25, 0.3) is 16.9 Å². The second kappa shape index (κ2) is 8.62. The van der Waals surface area contributed by atoms with Crippen LogP contribution >= 0.6 is 11.3 Å². The van der Waals surface area contributed by atoms with Crippen molar-refractivity contribution in [3.8, 4) is 16.9 Å². The first kappa shape index (κ1) is 18.8. The monoisotopic (exact) mass is 401 g/mol. The van der Waals surface area contributed by atoms with Crippen LogP contribution in [0.15, 0.2) is 77.3 Å². The molecule has 1 amide bonds.